The molecular formula is C14H20N2O. The molecule has 0 aromatic carbocycles. The molecule has 3 nitrogen and oxygen atoms in total. The molecule has 1 aromatic heterocycles. The molecular weight excluding hydrogens is 212 g/mol. The summed E-state index contributed by atoms with van der Waals surface area (Å²) in [6.45, 7) is 2.61. The van der Waals surface area contributed by atoms with E-state index in [2.05, 4.69) is 9.88 Å². The highest BCUT2D eigenvalue weighted by Gasteiger charge is 2.19. The van der Waals surface area contributed by atoms with Gasteiger partial charge < -0.3 is 4.90 Å². The molecule has 0 atom stereocenters. The maximum absolute atomic E-state index is 11.5. The van der Waals surface area contributed by atoms with E-state index in [0.717, 1.165) is 23.8 Å². The number of aromatic nitrogens is 1. The van der Waals surface area contributed by atoms with E-state index in [-0.39, 0.29) is 5.78 Å². The van der Waals surface area contributed by atoms with Crippen molar-refractivity contribution in [2.24, 2.45) is 5.92 Å². The van der Waals surface area contributed by atoms with Crippen molar-refractivity contribution in [3.63, 3.8) is 0 Å². The Kier molecular flexibility index (Phi) is 3.77. The number of pyridine rings is 1. The average Bonchev–Trinajstić information content (AvgIpc) is 2.81. The first-order valence-electron chi connectivity index (χ1n) is 6.35. The van der Waals surface area contributed by atoms with Gasteiger partial charge in [0.25, 0.3) is 0 Å². The van der Waals surface area contributed by atoms with Gasteiger partial charge in [-0.2, -0.15) is 0 Å². The van der Waals surface area contributed by atoms with Crippen LogP contribution in [0.4, 0.5) is 5.82 Å². The molecule has 0 N–H and O–H groups in total. The van der Waals surface area contributed by atoms with Crippen molar-refractivity contribution >= 4 is 11.6 Å². The molecule has 1 heterocycles. The second-order valence-corrected chi connectivity index (χ2v) is 4.96. The lowest BCUT2D eigenvalue weighted by molar-refractivity contribution is 0.101. The predicted octanol–water partition coefficient (Wildman–Crippen LogP) is 2.91. The number of hydrogen-bond donors (Lipinski definition) is 0. The Morgan fingerprint density at radius 2 is 2.18 bits per heavy atom. The molecule has 0 unspecified atom stereocenters. The van der Waals surface area contributed by atoms with E-state index < -0.39 is 0 Å². The minimum atomic E-state index is 0.0892. The first kappa shape index (κ1) is 12.1. The maximum Gasteiger partial charge on any atom is 0.163 e. The number of nitrogens with zero attached hydrogens (tertiary/aromatic N) is 2. The van der Waals surface area contributed by atoms with Gasteiger partial charge in [0.05, 0.1) is 5.56 Å². The normalized spacial score (nSPS) is 16.1. The number of anilines is 1. The second-order valence-electron chi connectivity index (χ2n) is 4.96. The van der Waals surface area contributed by atoms with Crippen molar-refractivity contribution in [3.8, 4) is 0 Å². The highest BCUT2D eigenvalue weighted by atomic mass is 16.1. The fourth-order valence-corrected chi connectivity index (χ4v) is 2.64. The second kappa shape index (κ2) is 5.30. The lowest BCUT2D eigenvalue weighted by Crippen LogP contribution is -2.26. The SMILES string of the molecule is CC(=O)c1cccnc1N(C)CC1CCCC1. The first-order chi connectivity index (χ1) is 8.18. The summed E-state index contributed by atoms with van der Waals surface area (Å²) in [6, 6.07) is 3.68. The molecule has 0 amide bonds. The Bertz CT molecular complexity index is 397. The Morgan fingerprint density at radius 3 is 2.82 bits per heavy atom. The van der Waals surface area contributed by atoms with Crippen molar-refractivity contribution in [1.29, 1.82) is 0 Å². The van der Waals surface area contributed by atoms with Gasteiger partial charge in [0.15, 0.2) is 5.78 Å². The summed E-state index contributed by atoms with van der Waals surface area (Å²) in [7, 11) is 2.03. The van der Waals surface area contributed by atoms with E-state index in [1.54, 1.807) is 13.1 Å². The van der Waals surface area contributed by atoms with Gasteiger partial charge in [0.1, 0.15) is 5.82 Å². The predicted molar refractivity (Wildman–Crippen MR) is 69.5 cm³/mol. The van der Waals surface area contributed by atoms with E-state index in [9.17, 15) is 4.79 Å². The Labute approximate surface area is 103 Å². The summed E-state index contributed by atoms with van der Waals surface area (Å²) < 4.78 is 0. The van der Waals surface area contributed by atoms with E-state index >= 15 is 0 Å². The fraction of sp³-hybridized carbons (Fsp3) is 0.571. The largest absolute Gasteiger partial charge is 0.359 e. The van der Waals surface area contributed by atoms with Gasteiger partial charge in [-0.15, -0.1) is 0 Å². The third kappa shape index (κ3) is 2.84. The van der Waals surface area contributed by atoms with Crippen LogP contribution >= 0.6 is 0 Å². The minimum Gasteiger partial charge on any atom is -0.359 e. The average molecular weight is 232 g/mol. The summed E-state index contributed by atoms with van der Waals surface area (Å²) in [5.41, 5.74) is 0.730. The molecule has 1 fully saturated rings. The molecule has 2 rings (SSSR count). The number of carbonyl (C=O) groups excluding carboxylic acids is 1. The molecule has 0 radical (unpaired) electrons. The number of rotatable bonds is 4. The number of carbonyl (C=O) groups is 1. The highest BCUT2D eigenvalue weighted by Crippen LogP contribution is 2.27. The molecule has 3 heteroatoms. The zero-order valence-electron chi connectivity index (χ0n) is 10.6. The smallest absolute Gasteiger partial charge is 0.163 e. The van der Waals surface area contributed by atoms with Crippen LogP contribution in [0.3, 0.4) is 0 Å². The van der Waals surface area contributed by atoms with Crippen molar-refractivity contribution in [3.05, 3.63) is 23.9 Å². The lowest BCUT2D eigenvalue weighted by atomic mass is 10.1. The fourth-order valence-electron chi connectivity index (χ4n) is 2.64. The van der Waals surface area contributed by atoms with Gasteiger partial charge in [-0.3, -0.25) is 4.79 Å². The number of Topliss-reactive ketones (excluding diaryl/α,β-unsaturated/α-hetero) is 1. The van der Waals surface area contributed by atoms with E-state index in [4.69, 9.17) is 0 Å². The Hall–Kier alpha value is -1.38. The summed E-state index contributed by atoms with van der Waals surface area (Å²) >= 11 is 0. The zero-order valence-corrected chi connectivity index (χ0v) is 10.6. The molecule has 92 valence electrons. The van der Waals surface area contributed by atoms with Gasteiger partial charge in [-0.1, -0.05) is 12.8 Å². The van der Waals surface area contributed by atoms with Crippen LogP contribution in [0.2, 0.25) is 0 Å². The third-order valence-corrected chi connectivity index (χ3v) is 3.53. The minimum absolute atomic E-state index is 0.0892. The zero-order chi connectivity index (χ0) is 12.3. The van der Waals surface area contributed by atoms with Crippen LogP contribution in [-0.2, 0) is 0 Å². The molecule has 0 saturated heterocycles. The highest BCUT2D eigenvalue weighted by molar-refractivity contribution is 5.98. The maximum atomic E-state index is 11.5. The van der Waals surface area contributed by atoms with E-state index in [1.165, 1.54) is 25.7 Å². The molecule has 0 aliphatic heterocycles. The van der Waals surface area contributed by atoms with Crippen LogP contribution in [0.25, 0.3) is 0 Å². The summed E-state index contributed by atoms with van der Waals surface area (Å²) in [4.78, 5) is 18.0. The Morgan fingerprint density at radius 1 is 1.47 bits per heavy atom. The molecule has 1 aliphatic carbocycles. The molecule has 0 spiro atoms. The topological polar surface area (TPSA) is 33.2 Å². The summed E-state index contributed by atoms with van der Waals surface area (Å²) in [5, 5.41) is 0. The monoisotopic (exact) mass is 232 g/mol. The van der Waals surface area contributed by atoms with Gasteiger partial charge >= 0.3 is 0 Å². The molecule has 1 aliphatic rings. The van der Waals surface area contributed by atoms with Crippen LogP contribution in [0, 0.1) is 5.92 Å². The van der Waals surface area contributed by atoms with Crippen molar-refractivity contribution < 1.29 is 4.79 Å². The summed E-state index contributed by atoms with van der Waals surface area (Å²) in [5.74, 6) is 1.68. The van der Waals surface area contributed by atoms with Gasteiger partial charge in [-0.25, -0.2) is 4.98 Å². The quantitative estimate of drug-likeness (QED) is 0.748. The van der Waals surface area contributed by atoms with Gasteiger partial charge in [0, 0.05) is 19.8 Å². The van der Waals surface area contributed by atoms with Crippen LogP contribution in [0.1, 0.15) is 43.0 Å². The van der Waals surface area contributed by atoms with Crippen LogP contribution in [-0.4, -0.2) is 24.4 Å². The van der Waals surface area contributed by atoms with Crippen molar-refractivity contribution in [1.82, 2.24) is 4.98 Å². The first-order valence-corrected chi connectivity index (χ1v) is 6.35. The van der Waals surface area contributed by atoms with Crippen LogP contribution in [0.5, 0.6) is 0 Å². The van der Waals surface area contributed by atoms with Crippen molar-refractivity contribution in [2.45, 2.75) is 32.6 Å². The molecule has 1 saturated carbocycles. The van der Waals surface area contributed by atoms with Crippen LogP contribution in [0.15, 0.2) is 18.3 Å². The lowest BCUT2D eigenvalue weighted by Gasteiger charge is -2.23. The van der Waals surface area contributed by atoms with E-state index in [1.807, 2.05) is 19.2 Å². The van der Waals surface area contributed by atoms with E-state index in [0.29, 0.717) is 0 Å². The standard InChI is InChI=1S/C14H20N2O/c1-11(17)13-8-5-9-15-14(13)16(2)10-12-6-3-4-7-12/h5,8-9,12H,3-4,6-7,10H2,1-2H3. The Balaban J connectivity index is 2.12. The summed E-state index contributed by atoms with van der Waals surface area (Å²) in [6.07, 6.45) is 7.08. The molecule has 1 aromatic rings. The van der Waals surface area contributed by atoms with Gasteiger partial charge in [0.2, 0.25) is 0 Å². The van der Waals surface area contributed by atoms with Crippen LogP contribution < -0.4 is 4.90 Å². The molecule has 17 heavy (non-hydrogen) atoms. The third-order valence-electron chi connectivity index (χ3n) is 3.53. The van der Waals surface area contributed by atoms with Gasteiger partial charge in [-0.05, 0) is 37.8 Å². The number of hydrogen-bond acceptors (Lipinski definition) is 3. The number of ketones is 1. The van der Waals surface area contributed by atoms with Crippen molar-refractivity contribution in [2.75, 3.05) is 18.5 Å². The molecule has 0 bridgehead atoms.